The molecule has 1 amide bonds. The lowest BCUT2D eigenvalue weighted by Gasteiger charge is -2.24. The predicted octanol–water partition coefficient (Wildman–Crippen LogP) is 0.783. The molecule has 4 nitrogen and oxygen atoms in total. The maximum atomic E-state index is 13.1. The third-order valence-corrected chi connectivity index (χ3v) is 3.70. The third kappa shape index (κ3) is 4.05. The molecule has 20 heavy (non-hydrogen) atoms. The first-order chi connectivity index (χ1) is 9.37. The number of halogens is 4. The van der Waals surface area contributed by atoms with Crippen LogP contribution in [0.25, 0.3) is 0 Å². The Morgan fingerprint density at radius 2 is 2.00 bits per heavy atom. The van der Waals surface area contributed by atoms with Gasteiger partial charge in [-0.1, -0.05) is 0 Å². The van der Waals surface area contributed by atoms with Crippen LogP contribution in [0.2, 0.25) is 0 Å². The van der Waals surface area contributed by atoms with Gasteiger partial charge in [0.1, 0.15) is 0 Å². The maximum absolute atomic E-state index is 13.1. The summed E-state index contributed by atoms with van der Waals surface area (Å²) in [5, 5.41) is 2.53. The number of carbonyl (C=O) groups is 1. The standard InChI is InChI=1S/C12H19F4N3O/c13-10(14)7-18-2-1-3-19(5-4-18)11(20)9-6-12(15,16)8-17-9/h9-10,17H,1-8H2. The molecule has 2 heterocycles. The quantitative estimate of drug-likeness (QED) is 0.782. The van der Waals surface area contributed by atoms with E-state index in [1.807, 2.05) is 0 Å². The van der Waals surface area contributed by atoms with Gasteiger partial charge < -0.3 is 4.90 Å². The van der Waals surface area contributed by atoms with Crippen molar-refractivity contribution in [3.8, 4) is 0 Å². The summed E-state index contributed by atoms with van der Waals surface area (Å²) in [5.74, 6) is -3.19. The molecule has 116 valence electrons. The molecule has 8 heteroatoms. The molecule has 0 bridgehead atoms. The first kappa shape index (κ1) is 15.5. The Morgan fingerprint density at radius 3 is 2.60 bits per heavy atom. The van der Waals surface area contributed by atoms with E-state index in [9.17, 15) is 22.4 Å². The van der Waals surface area contributed by atoms with Gasteiger partial charge in [0, 0.05) is 32.6 Å². The van der Waals surface area contributed by atoms with E-state index in [1.54, 1.807) is 4.90 Å². The molecule has 2 aliphatic rings. The lowest BCUT2D eigenvalue weighted by Crippen LogP contribution is -2.45. The van der Waals surface area contributed by atoms with Gasteiger partial charge in [-0.15, -0.1) is 0 Å². The summed E-state index contributed by atoms with van der Waals surface area (Å²) in [7, 11) is 0. The molecule has 1 atom stereocenters. The van der Waals surface area contributed by atoms with Crippen molar-refractivity contribution in [1.82, 2.24) is 15.1 Å². The second-order valence-corrected chi connectivity index (χ2v) is 5.36. The highest BCUT2D eigenvalue weighted by atomic mass is 19.3. The van der Waals surface area contributed by atoms with Crippen molar-refractivity contribution >= 4 is 5.91 Å². The minimum Gasteiger partial charge on any atom is -0.340 e. The molecular formula is C12H19F4N3O. The number of hydrogen-bond acceptors (Lipinski definition) is 3. The molecule has 0 aromatic carbocycles. The summed E-state index contributed by atoms with van der Waals surface area (Å²) in [5.41, 5.74) is 0. The molecule has 2 saturated heterocycles. The molecule has 0 spiro atoms. The zero-order valence-corrected chi connectivity index (χ0v) is 11.1. The van der Waals surface area contributed by atoms with Gasteiger partial charge in [0.15, 0.2) is 0 Å². The number of carbonyl (C=O) groups excluding carboxylic acids is 1. The van der Waals surface area contributed by atoms with Crippen LogP contribution in [-0.4, -0.2) is 73.4 Å². The van der Waals surface area contributed by atoms with Crippen molar-refractivity contribution in [3.63, 3.8) is 0 Å². The topological polar surface area (TPSA) is 35.6 Å². The average molecular weight is 297 g/mol. The van der Waals surface area contributed by atoms with Crippen LogP contribution in [0.3, 0.4) is 0 Å². The Kier molecular flexibility index (Phi) is 4.85. The molecule has 2 rings (SSSR count). The Balaban J connectivity index is 1.85. The first-order valence-corrected chi connectivity index (χ1v) is 6.78. The van der Waals surface area contributed by atoms with Crippen LogP contribution in [0.15, 0.2) is 0 Å². The van der Waals surface area contributed by atoms with E-state index in [2.05, 4.69) is 5.32 Å². The van der Waals surface area contributed by atoms with Crippen molar-refractivity contribution in [2.45, 2.75) is 31.2 Å². The van der Waals surface area contributed by atoms with Crippen LogP contribution in [0.5, 0.6) is 0 Å². The summed E-state index contributed by atoms with van der Waals surface area (Å²) < 4.78 is 50.8. The summed E-state index contributed by atoms with van der Waals surface area (Å²) in [6.45, 7) is 0.829. The highest BCUT2D eigenvalue weighted by Crippen LogP contribution is 2.26. The number of amides is 1. The Morgan fingerprint density at radius 1 is 1.25 bits per heavy atom. The smallest absolute Gasteiger partial charge is 0.262 e. The monoisotopic (exact) mass is 297 g/mol. The largest absolute Gasteiger partial charge is 0.340 e. The fourth-order valence-electron chi connectivity index (χ4n) is 2.68. The summed E-state index contributed by atoms with van der Waals surface area (Å²) >= 11 is 0. The van der Waals surface area contributed by atoms with Crippen LogP contribution >= 0.6 is 0 Å². The zero-order valence-electron chi connectivity index (χ0n) is 11.1. The SMILES string of the molecule is O=C(C1CC(F)(F)CN1)N1CCCN(CC(F)F)CC1. The molecule has 0 saturated carbocycles. The van der Waals surface area contributed by atoms with Gasteiger partial charge in [0.2, 0.25) is 5.91 Å². The van der Waals surface area contributed by atoms with Crippen molar-refractivity contribution < 1.29 is 22.4 Å². The number of nitrogens with one attached hydrogen (secondary N) is 1. The summed E-state index contributed by atoms with van der Waals surface area (Å²) in [6.07, 6.45) is -2.29. The van der Waals surface area contributed by atoms with Gasteiger partial charge >= 0.3 is 0 Å². The van der Waals surface area contributed by atoms with Crippen molar-refractivity contribution in [1.29, 1.82) is 0 Å². The highest BCUT2D eigenvalue weighted by molar-refractivity contribution is 5.82. The van der Waals surface area contributed by atoms with Gasteiger partial charge in [0.25, 0.3) is 12.3 Å². The first-order valence-electron chi connectivity index (χ1n) is 6.78. The Bertz CT molecular complexity index is 354. The fraction of sp³-hybridized carbons (Fsp3) is 0.917. The van der Waals surface area contributed by atoms with Gasteiger partial charge in [-0.2, -0.15) is 0 Å². The van der Waals surface area contributed by atoms with E-state index in [4.69, 9.17) is 0 Å². The summed E-state index contributed by atoms with van der Waals surface area (Å²) in [6, 6.07) is -0.855. The van der Waals surface area contributed by atoms with Crippen LogP contribution in [0.4, 0.5) is 17.6 Å². The van der Waals surface area contributed by atoms with E-state index < -0.39 is 31.4 Å². The predicted molar refractivity (Wildman–Crippen MR) is 65.0 cm³/mol. The van der Waals surface area contributed by atoms with Crippen LogP contribution < -0.4 is 5.32 Å². The lowest BCUT2D eigenvalue weighted by atomic mass is 10.1. The van der Waals surface area contributed by atoms with Crippen LogP contribution in [-0.2, 0) is 4.79 Å². The van der Waals surface area contributed by atoms with Gasteiger partial charge in [-0.25, -0.2) is 17.6 Å². The van der Waals surface area contributed by atoms with E-state index in [0.29, 0.717) is 32.6 Å². The van der Waals surface area contributed by atoms with Crippen molar-refractivity contribution in [3.05, 3.63) is 0 Å². The molecule has 1 N–H and O–H groups in total. The van der Waals surface area contributed by atoms with E-state index in [0.717, 1.165) is 0 Å². The maximum Gasteiger partial charge on any atom is 0.262 e. The number of rotatable bonds is 3. The van der Waals surface area contributed by atoms with E-state index in [1.165, 1.54) is 4.90 Å². The van der Waals surface area contributed by atoms with E-state index >= 15 is 0 Å². The summed E-state index contributed by atoms with van der Waals surface area (Å²) in [4.78, 5) is 15.2. The van der Waals surface area contributed by atoms with Gasteiger partial charge in [-0.3, -0.25) is 15.0 Å². The van der Waals surface area contributed by atoms with Crippen molar-refractivity contribution in [2.24, 2.45) is 0 Å². The Hall–Kier alpha value is -0.890. The van der Waals surface area contributed by atoms with Crippen LogP contribution in [0, 0.1) is 0 Å². The second-order valence-electron chi connectivity index (χ2n) is 5.36. The lowest BCUT2D eigenvalue weighted by molar-refractivity contribution is -0.133. The fourth-order valence-corrected chi connectivity index (χ4v) is 2.68. The van der Waals surface area contributed by atoms with Crippen LogP contribution in [0.1, 0.15) is 12.8 Å². The molecule has 2 fully saturated rings. The molecule has 0 radical (unpaired) electrons. The van der Waals surface area contributed by atoms with Gasteiger partial charge in [0.05, 0.1) is 19.1 Å². The molecular weight excluding hydrogens is 278 g/mol. The zero-order chi connectivity index (χ0) is 14.8. The third-order valence-electron chi connectivity index (χ3n) is 3.70. The molecule has 2 aliphatic heterocycles. The normalized spacial score (nSPS) is 27.9. The number of nitrogens with zero attached hydrogens (tertiary/aromatic N) is 2. The molecule has 0 aromatic heterocycles. The highest BCUT2D eigenvalue weighted by Gasteiger charge is 2.43. The van der Waals surface area contributed by atoms with Crippen molar-refractivity contribution in [2.75, 3.05) is 39.3 Å². The van der Waals surface area contributed by atoms with Gasteiger partial charge in [-0.05, 0) is 6.42 Å². The Labute approximate surface area is 115 Å². The minimum absolute atomic E-state index is 0.304. The second kappa shape index (κ2) is 6.26. The number of hydrogen-bond donors (Lipinski definition) is 1. The number of alkyl halides is 4. The molecule has 1 unspecified atom stereocenters. The minimum atomic E-state index is -2.84. The van der Waals surface area contributed by atoms with E-state index in [-0.39, 0.29) is 12.5 Å². The molecule has 0 aliphatic carbocycles. The molecule has 0 aromatic rings. The average Bonchev–Trinajstić information content (AvgIpc) is 2.58.